The number of hydrogen-bond donors (Lipinski definition) is 2. The number of unbranched alkanes of at least 4 members (excludes halogenated alkanes) is 3. The van der Waals surface area contributed by atoms with Gasteiger partial charge in [0.25, 0.3) is 0 Å². The van der Waals surface area contributed by atoms with Crippen LogP contribution in [0.2, 0.25) is 0 Å². The molecule has 0 saturated carbocycles. The Hall–Kier alpha value is -2.21. The number of rotatable bonds is 8. The standard InChI is InChI=1S/C20H29N5O/c21-13-6-2-1-5-12-19(26)22-17-10-8-9-16(15-17)20-24-23-18-11-4-3-7-14-25(18)20/h8-10,15H,1-7,11-14,21H2,(H,22,26). The maximum absolute atomic E-state index is 12.2. The van der Waals surface area contributed by atoms with Gasteiger partial charge in [-0.3, -0.25) is 4.79 Å². The molecule has 3 rings (SSSR count). The number of benzene rings is 1. The molecule has 6 heteroatoms. The summed E-state index contributed by atoms with van der Waals surface area (Å²) in [5.74, 6) is 2.04. The van der Waals surface area contributed by atoms with Crippen molar-refractivity contribution in [2.24, 2.45) is 5.73 Å². The maximum atomic E-state index is 12.2. The summed E-state index contributed by atoms with van der Waals surface area (Å²) in [6.07, 6.45) is 9.22. The van der Waals surface area contributed by atoms with Crippen LogP contribution < -0.4 is 11.1 Å². The third-order valence-electron chi connectivity index (χ3n) is 4.87. The average molecular weight is 355 g/mol. The lowest BCUT2D eigenvalue weighted by Crippen LogP contribution is -2.11. The topological polar surface area (TPSA) is 85.8 Å². The monoisotopic (exact) mass is 355 g/mol. The van der Waals surface area contributed by atoms with Gasteiger partial charge in [-0.25, -0.2) is 0 Å². The SMILES string of the molecule is NCCCCCCC(=O)Nc1cccc(-c2nnc3n2CCCCC3)c1. The normalized spacial score (nSPS) is 13.9. The van der Waals surface area contributed by atoms with Gasteiger partial charge >= 0.3 is 0 Å². The summed E-state index contributed by atoms with van der Waals surface area (Å²) in [5, 5.41) is 11.8. The molecule has 0 atom stereocenters. The molecule has 1 aromatic carbocycles. The van der Waals surface area contributed by atoms with E-state index in [9.17, 15) is 4.79 Å². The molecule has 0 fully saturated rings. The van der Waals surface area contributed by atoms with Crippen LogP contribution in [0.5, 0.6) is 0 Å². The Morgan fingerprint density at radius 2 is 2.00 bits per heavy atom. The highest BCUT2D eigenvalue weighted by atomic mass is 16.1. The van der Waals surface area contributed by atoms with E-state index in [1.165, 1.54) is 19.3 Å². The lowest BCUT2D eigenvalue weighted by molar-refractivity contribution is -0.116. The smallest absolute Gasteiger partial charge is 0.224 e. The summed E-state index contributed by atoms with van der Waals surface area (Å²) in [4.78, 5) is 12.2. The average Bonchev–Trinajstić information content (AvgIpc) is 2.90. The van der Waals surface area contributed by atoms with Crippen LogP contribution >= 0.6 is 0 Å². The van der Waals surface area contributed by atoms with Crippen LogP contribution in [-0.2, 0) is 17.8 Å². The van der Waals surface area contributed by atoms with Gasteiger partial charge in [-0.1, -0.05) is 31.4 Å². The second kappa shape index (κ2) is 9.48. The lowest BCUT2D eigenvalue weighted by atomic mass is 10.1. The lowest BCUT2D eigenvalue weighted by Gasteiger charge is -2.09. The first-order chi connectivity index (χ1) is 12.8. The minimum absolute atomic E-state index is 0.0648. The number of hydrogen-bond acceptors (Lipinski definition) is 4. The van der Waals surface area contributed by atoms with Gasteiger partial charge in [0.2, 0.25) is 5.91 Å². The van der Waals surface area contributed by atoms with Gasteiger partial charge < -0.3 is 15.6 Å². The molecule has 0 bridgehead atoms. The first kappa shape index (κ1) is 18.6. The van der Waals surface area contributed by atoms with E-state index in [1.807, 2.05) is 24.3 Å². The van der Waals surface area contributed by atoms with Gasteiger partial charge in [0, 0.05) is 30.6 Å². The number of aromatic nitrogens is 3. The van der Waals surface area contributed by atoms with Crippen molar-refractivity contribution in [2.45, 2.75) is 64.3 Å². The molecule has 0 radical (unpaired) electrons. The molecule has 1 aliphatic heterocycles. The Labute approximate surface area is 155 Å². The molecule has 1 amide bonds. The van der Waals surface area contributed by atoms with Crippen molar-refractivity contribution in [1.29, 1.82) is 0 Å². The van der Waals surface area contributed by atoms with E-state index in [-0.39, 0.29) is 5.91 Å². The minimum Gasteiger partial charge on any atom is -0.330 e. The number of carbonyl (C=O) groups is 1. The molecule has 2 heterocycles. The van der Waals surface area contributed by atoms with Crippen LogP contribution in [-0.4, -0.2) is 27.2 Å². The van der Waals surface area contributed by atoms with Gasteiger partial charge in [-0.15, -0.1) is 10.2 Å². The van der Waals surface area contributed by atoms with Crippen LogP contribution in [0.15, 0.2) is 24.3 Å². The zero-order valence-corrected chi connectivity index (χ0v) is 15.4. The summed E-state index contributed by atoms with van der Waals surface area (Å²) in [6.45, 7) is 1.70. The Kier molecular flexibility index (Phi) is 6.77. The van der Waals surface area contributed by atoms with Crippen molar-refractivity contribution < 1.29 is 4.79 Å². The van der Waals surface area contributed by atoms with Gasteiger partial charge in [-0.05, 0) is 44.4 Å². The van der Waals surface area contributed by atoms with E-state index in [0.717, 1.165) is 68.1 Å². The first-order valence-electron chi connectivity index (χ1n) is 9.80. The molecular weight excluding hydrogens is 326 g/mol. The van der Waals surface area contributed by atoms with E-state index in [0.29, 0.717) is 6.42 Å². The van der Waals surface area contributed by atoms with Crippen LogP contribution in [0.1, 0.15) is 57.2 Å². The largest absolute Gasteiger partial charge is 0.330 e. The summed E-state index contributed by atoms with van der Waals surface area (Å²) in [7, 11) is 0. The van der Waals surface area contributed by atoms with Crippen molar-refractivity contribution in [3.05, 3.63) is 30.1 Å². The fraction of sp³-hybridized carbons (Fsp3) is 0.550. The van der Waals surface area contributed by atoms with Gasteiger partial charge in [0.15, 0.2) is 5.82 Å². The molecule has 1 aliphatic rings. The molecule has 0 unspecified atom stereocenters. The highest BCUT2D eigenvalue weighted by Crippen LogP contribution is 2.25. The number of nitrogens with zero attached hydrogens (tertiary/aromatic N) is 3. The van der Waals surface area contributed by atoms with E-state index >= 15 is 0 Å². The Morgan fingerprint density at radius 1 is 1.12 bits per heavy atom. The van der Waals surface area contributed by atoms with Crippen molar-refractivity contribution in [1.82, 2.24) is 14.8 Å². The molecule has 1 aromatic heterocycles. The van der Waals surface area contributed by atoms with Gasteiger partial charge in [0.1, 0.15) is 5.82 Å². The molecule has 6 nitrogen and oxygen atoms in total. The highest BCUT2D eigenvalue weighted by molar-refractivity contribution is 5.91. The fourth-order valence-corrected chi connectivity index (χ4v) is 3.44. The predicted octanol–water partition coefficient (Wildman–Crippen LogP) is 3.52. The molecule has 140 valence electrons. The van der Waals surface area contributed by atoms with Crippen LogP contribution in [0.3, 0.4) is 0 Å². The second-order valence-corrected chi connectivity index (χ2v) is 6.98. The number of carbonyl (C=O) groups excluding carboxylic acids is 1. The van der Waals surface area contributed by atoms with Crippen molar-refractivity contribution in [3.8, 4) is 11.4 Å². The number of fused-ring (bicyclic) bond motifs is 1. The molecule has 0 spiro atoms. The number of aryl methyl sites for hydroxylation is 1. The first-order valence-corrected chi connectivity index (χ1v) is 9.80. The molecule has 3 N–H and O–H groups in total. The maximum Gasteiger partial charge on any atom is 0.224 e. The fourth-order valence-electron chi connectivity index (χ4n) is 3.44. The second-order valence-electron chi connectivity index (χ2n) is 6.98. The predicted molar refractivity (Wildman–Crippen MR) is 104 cm³/mol. The Bertz CT molecular complexity index is 725. The third kappa shape index (κ3) is 4.91. The van der Waals surface area contributed by atoms with Gasteiger partial charge in [-0.2, -0.15) is 0 Å². The summed E-state index contributed by atoms with van der Waals surface area (Å²) < 4.78 is 2.23. The highest BCUT2D eigenvalue weighted by Gasteiger charge is 2.16. The molecule has 0 saturated heterocycles. The van der Waals surface area contributed by atoms with Crippen molar-refractivity contribution >= 4 is 11.6 Å². The summed E-state index contributed by atoms with van der Waals surface area (Å²) >= 11 is 0. The van der Waals surface area contributed by atoms with Crippen LogP contribution in [0.4, 0.5) is 5.69 Å². The van der Waals surface area contributed by atoms with Crippen molar-refractivity contribution in [3.63, 3.8) is 0 Å². The number of anilines is 1. The molecule has 2 aromatic rings. The number of nitrogens with one attached hydrogen (secondary N) is 1. The van der Waals surface area contributed by atoms with E-state index in [4.69, 9.17) is 5.73 Å². The number of nitrogens with two attached hydrogens (primary N) is 1. The van der Waals surface area contributed by atoms with Gasteiger partial charge in [0.05, 0.1) is 0 Å². The zero-order chi connectivity index (χ0) is 18.2. The molecule has 26 heavy (non-hydrogen) atoms. The zero-order valence-electron chi connectivity index (χ0n) is 15.4. The van der Waals surface area contributed by atoms with Crippen molar-refractivity contribution in [2.75, 3.05) is 11.9 Å². The quantitative estimate of drug-likeness (QED) is 0.710. The van der Waals surface area contributed by atoms with E-state index in [1.54, 1.807) is 0 Å². The molecular formula is C20H29N5O. The summed E-state index contributed by atoms with van der Waals surface area (Å²) in [6, 6.07) is 7.92. The van der Waals surface area contributed by atoms with E-state index < -0.39 is 0 Å². The molecule has 0 aliphatic carbocycles. The number of amides is 1. The Balaban J connectivity index is 1.62. The minimum atomic E-state index is 0.0648. The van der Waals surface area contributed by atoms with E-state index in [2.05, 4.69) is 20.1 Å². The van der Waals surface area contributed by atoms with Crippen LogP contribution in [0, 0.1) is 0 Å². The summed E-state index contributed by atoms with van der Waals surface area (Å²) in [5.41, 5.74) is 7.31. The third-order valence-corrected chi connectivity index (χ3v) is 4.87. The Morgan fingerprint density at radius 3 is 2.88 bits per heavy atom. The van der Waals surface area contributed by atoms with Crippen LogP contribution in [0.25, 0.3) is 11.4 Å².